The third-order valence-corrected chi connectivity index (χ3v) is 2.85. The molecule has 0 heterocycles. The summed E-state index contributed by atoms with van der Waals surface area (Å²) >= 11 is 0. The van der Waals surface area contributed by atoms with E-state index >= 15 is 0 Å². The second kappa shape index (κ2) is 6.37. The number of hydrogen-bond acceptors (Lipinski definition) is 1. The SMILES string of the molecule is CC=CC(C)Oc1ccc(C(C)CC)cc1. The molecule has 0 aliphatic rings. The van der Waals surface area contributed by atoms with Crippen LogP contribution in [0.3, 0.4) is 0 Å². The summed E-state index contributed by atoms with van der Waals surface area (Å²) in [7, 11) is 0. The van der Waals surface area contributed by atoms with E-state index < -0.39 is 0 Å². The van der Waals surface area contributed by atoms with Gasteiger partial charge in [0.1, 0.15) is 11.9 Å². The quantitative estimate of drug-likeness (QED) is 0.659. The summed E-state index contributed by atoms with van der Waals surface area (Å²) in [6.07, 6.45) is 5.37. The summed E-state index contributed by atoms with van der Waals surface area (Å²) in [6.45, 7) is 8.51. The summed E-state index contributed by atoms with van der Waals surface area (Å²) < 4.78 is 5.74. The minimum Gasteiger partial charge on any atom is -0.487 e. The van der Waals surface area contributed by atoms with E-state index in [9.17, 15) is 0 Å². The molecule has 0 spiro atoms. The molecule has 0 fully saturated rings. The highest BCUT2D eigenvalue weighted by molar-refractivity contribution is 5.29. The van der Waals surface area contributed by atoms with Gasteiger partial charge in [-0.15, -0.1) is 0 Å². The number of benzene rings is 1. The molecule has 1 aromatic rings. The van der Waals surface area contributed by atoms with Crippen LogP contribution in [0.25, 0.3) is 0 Å². The average Bonchev–Trinajstić information content (AvgIpc) is 2.29. The molecule has 0 radical (unpaired) electrons. The Hall–Kier alpha value is -1.24. The van der Waals surface area contributed by atoms with E-state index in [4.69, 9.17) is 4.74 Å². The van der Waals surface area contributed by atoms with E-state index in [1.165, 1.54) is 12.0 Å². The standard InChI is InChI=1S/C15H22O/c1-5-7-13(4)16-15-10-8-14(9-11-15)12(3)6-2/h5,7-13H,6H2,1-4H3. The molecule has 2 unspecified atom stereocenters. The molecule has 0 N–H and O–H groups in total. The zero-order valence-corrected chi connectivity index (χ0v) is 10.7. The van der Waals surface area contributed by atoms with E-state index in [-0.39, 0.29) is 6.10 Å². The Bertz CT molecular complexity index is 324. The molecular weight excluding hydrogens is 196 g/mol. The first kappa shape index (κ1) is 12.8. The molecule has 0 amide bonds. The predicted octanol–water partition coefficient (Wildman–Crippen LogP) is 4.54. The Morgan fingerprint density at radius 2 is 1.81 bits per heavy atom. The lowest BCUT2D eigenvalue weighted by molar-refractivity contribution is 0.269. The van der Waals surface area contributed by atoms with Gasteiger partial charge in [0.15, 0.2) is 0 Å². The van der Waals surface area contributed by atoms with Crippen LogP contribution in [0.4, 0.5) is 0 Å². The molecule has 0 aromatic heterocycles. The van der Waals surface area contributed by atoms with Crippen molar-refractivity contribution in [3.8, 4) is 5.75 Å². The number of ether oxygens (including phenoxy) is 1. The highest BCUT2D eigenvalue weighted by Crippen LogP contribution is 2.22. The van der Waals surface area contributed by atoms with Crippen LogP contribution in [-0.2, 0) is 0 Å². The van der Waals surface area contributed by atoms with Crippen molar-refractivity contribution >= 4 is 0 Å². The van der Waals surface area contributed by atoms with Crippen molar-refractivity contribution in [2.24, 2.45) is 0 Å². The highest BCUT2D eigenvalue weighted by atomic mass is 16.5. The van der Waals surface area contributed by atoms with Crippen LogP contribution in [0.1, 0.15) is 45.6 Å². The lowest BCUT2D eigenvalue weighted by Crippen LogP contribution is -2.07. The van der Waals surface area contributed by atoms with Crippen LogP contribution in [-0.4, -0.2) is 6.10 Å². The first-order valence-corrected chi connectivity index (χ1v) is 6.06. The maximum atomic E-state index is 5.74. The topological polar surface area (TPSA) is 9.23 Å². The maximum Gasteiger partial charge on any atom is 0.120 e. The molecule has 0 bridgehead atoms. The minimum absolute atomic E-state index is 0.138. The summed E-state index contributed by atoms with van der Waals surface area (Å²) in [4.78, 5) is 0. The number of allylic oxidation sites excluding steroid dienone is 1. The zero-order chi connectivity index (χ0) is 12.0. The van der Waals surface area contributed by atoms with Gasteiger partial charge in [-0.3, -0.25) is 0 Å². The van der Waals surface area contributed by atoms with E-state index in [2.05, 4.69) is 38.1 Å². The van der Waals surface area contributed by atoms with Crippen LogP contribution in [0.2, 0.25) is 0 Å². The second-order valence-corrected chi connectivity index (χ2v) is 4.23. The lowest BCUT2D eigenvalue weighted by Gasteiger charge is -2.13. The molecule has 0 saturated heterocycles. The Morgan fingerprint density at radius 1 is 1.19 bits per heavy atom. The van der Waals surface area contributed by atoms with Crippen molar-refractivity contribution in [2.45, 2.75) is 46.1 Å². The number of hydrogen-bond donors (Lipinski definition) is 0. The van der Waals surface area contributed by atoms with Crippen molar-refractivity contribution in [1.29, 1.82) is 0 Å². The van der Waals surface area contributed by atoms with Gasteiger partial charge in [0.25, 0.3) is 0 Å². The predicted molar refractivity (Wildman–Crippen MR) is 70.1 cm³/mol. The molecule has 0 saturated carbocycles. The summed E-state index contributed by atoms with van der Waals surface area (Å²) in [5.74, 6) is 1.57. The van der Waals surface area contributed by atoms with Gasteiger partial charge in [0.05, 0.1) is 0 Å². The van der Waals surface area contributed by atoms with Gasteiger partial charge in [0.2, 0.25) is 0 Å². The summed E-state index contributed by atoms with van der Waals surface area (Å²) in [5, 5.41) is 0. The lowest BCUT2D eigenvalue weighted by atomic mass is 9.99. The number of rotatable bonds is 5. The Morgan fingerprint density at radius 3 is 2.31 bits per heavy atom. The zero-order valence-electron chi connectivity index (χ0n) is 10.7. The Balaban J connectivity index is 2.64. The fourth-order valence-corrected chi connectivity index (χ4v) is 1.64. The minimum atomic E-state index is 0.138. The van der Waals surface area contributed by atoms with Gasteiger partial charge in [-0.2, -0.15) is 0 Å². The van der Waals surface area contributed by atoms with Gasteiger partial charge < -0.3 is 4.74 Å². The molecule has 0 aliphatic carbocycles. The van der Waals surface area contributed by atoms with Gasteiger partial charge in [0, 0.05) is 0 Å². The van der Waals surface area contributed by atoms with Crippen LogP contribution < -0.4 is 4.74 Å². The van der Waals surface area contributed by atoms with Crippen molar-refractivity contribution < 1.29 is 4.74 Å². The van der Waals surface area contributed by atoms with Crippen LogP contribution >= 0.6 is 0 Å². The summed E-state index contributed by atoms with van der Waals surface area (Å²) in [6, 6.07) is 8.43. The van der Waals surface area contributed by atoms with Crippen molar-refractivity contribution in [3.05, 3.63) is 42.0 Å². The molecular formula is C15H22O. The maximum absolute atomic E-state index is 5.74. The summed E-state index contributed by atoms with van der Waals surface area (Å²) in [5.41, 5.74) is 1.38. The Kier molecular flexibility index (Phi) is 5.10. The van der Waals surface area contributed by atoms with E-state index in [1.807, 2.05) is 26.0 Å². The van der Waals surface area contributed by atoms with Crippen molar-refractivity contribution in [2.75, 3.05) is 0 Å². The van der Waals surface area contributed by atoms with Gasteiger partial charge >= 0.3 is 0 Å². The van der Waals surface area contributed by atoms with Crippen molar-refractivity contribution in [1.82, 2.24) is 0 Å². The second-order valence-electron chi connectivity index (χ2n) is 4.23. The average molecular weight is 218 g/mol. The van der Waals surface area contributed by atoms with Crippen LogP contribution in [0.5, 0.6) is 5.75 Å². The molecule has 88 valence electrons. The van der Waals surface area contributed by atoms with Crippen LogP contribution in [0.15, 0.2) is 36.4 Å². The van der Waals surface area contributed by atoms with E-state index in [1.54, 1.807) is 0 Å². The highest BCUT2D eigenvalue weighted by Gasteiger charge is 2.03. The third-order valence-electron chi connectivity index (χ3n) is 2.85. The molecule has 1 aromatic carbocycles. The molecule has 1 heteroatoms. The van der Waals surface area contributed by atoms with Gasteiger partial charge in [-0.1, -0.05) is 32.1 Å². The first-order chi connectivity index (χ1) is 7.67. The van der Waals surface area contributed by atoms with Crippen molar-refractivity contribution in [3.63, 3.8) is 0 Å². The Labute approximate surface area is 99.1 Å². The normalized spacial score (nSPS) is 15.0. The van der Waals surface area contributed by atoms with E-state index in [0.717, 1.165) is 5.75 Å². The molecule has 1 rings (SSSR count). The molecule has 2 atom stereocenters. The molecule has 16 heavy (non-hydrogen) atoms. The smallest absolute Gasteiger partial charge is 0.120 e. The molecule has 0 aliphatic heterocycles. The fraction of sp³-hybridized carbons (Fsp3) is 0.467. The largest absolute Gasteiger partial charge is 0.487 e. The van der Waals surface area contributed by atoms with Gasteiger partial charge in [-0.25, -0.2) is 0 Å². The van der Waals surface area contributed by atoms with Gasteiger partial charge in [-0.05, 0) is 50.0 Å². The van der Waals surface area contributed by atoms with Crippen LogP contribution in [0, 0.1) is 0 Å². The van der Waals surface area contributed by atoms with E-state index in [0.29, 0.717) is 5.92 Å². The first-order valence-electron chi connectivity index (χ1n) is 6.06. The molecule has 1 nitrogen and oxygen atoms in total. The third kappa shape index (κ3) is 3.73. The fourth-order valence-electron chi connectivity index (χ4n) is 1.64. The monoisotopic (exact) mass is 218 g/mol.